The topological polar surface area (TPSA) is 54.0 Å². The second-order valence-corrected chi connectivity index (χ2v) is 5.46. The van der Waals surface area contributed by atoms with Crippen LogP contribution in [0.25, 0.3) is 0 Å². The average Bonchev–Trinajstić information content (AvgIpc) is 2.69. The van der Waals surface area contributed by atoms with E-state index in [1.165, 1.54) is 11.3 Å². The summed E-state index contributed by atoms with van der Waals surface area (Å²) >= 11 is 7.40. The van der Waals surface area contributed by atoms with Gasteiger partial charge in [-0.05, 0) is 31.5 Å². The molecule has 0 saturated carbocycles. The summed E-state index contributed by atoms with van der Waals surface area (Å²) in [6.07, 6.45) is 1.71. The first kappa shape index (κ1) is 12.9. The minimum atomic E-state index is -0.329. The second-order valence-electron chi connectivity index (χ2n) is 3.82. The molecular weight excluding hydrogens is 270 g/mol. The highest BCUT2D eigenvalue weighted by Crippen LogP contribution is 2.21. The Morgan fingerprint density at radius 3 is 2.72 bits per heavy atom. The first-order chi connectivity index (χ1) is 8.54. The average molecular weight is 282 g/mol. The van der Waals surface area contributed by atoms with Crippen molar-refractivity contribution >= 4 is 39.8 Å². The molecule has 2 amide bonds. The third-order valence-corrected chi connectivity index (χ3v) is 3.51. The standard InChI is InChI=1S/C12H12ClN3OS/c1-7-3-4-9(5-10(7)13)15-11(17)16-12-14-6-8(2)18-12/h3-6H,1-2H3,(H2,14,15,16,17). The van der Waals surface area contributed by atoms with Crippen molar-refractivity contribution in [2.45, 2.75) is 13.8 Å². The monoisotopic (exact) mass is 281 g/mol. The number of aryl methyl sites for hydroxylation is 2. The highest BCUT2D eigenvalue weighted by atomic mass is 35.5. The summed E-state index contributed by atoms with van der Waals surface area (Å²) in [7, 11) is 0. The van der Waals surface area contributed by atoms with Crippen LogP contribution in [0.5, 0.6) is 0 Å². The Morgan fingerprint density at radius 1 is 1.33 bits per heavy atom. The summed E-state index contributed by atoms with van der Waals surface area (Å²) in [5, 5.41) is 6.55. The molecule has 0 spiro atoms. The first-order valence-electron chi connectivity index (χ1n) is 5.31. The SMILES string of the molecule is Cc1cnc(NC(=O)Nc2ccc(C)c(Cl)c2)s1. The Labute approximate surface area is 114 Å². The molecule has 0 bridgehead atoms. The van der Waals surface area contributed by atoms with Crippen molar-refractivity contribution in [1.82, 2.24) is 4.98 Å². The van der Waals surface area contributed by atoms with Gasteiger partial charge in [-0.15, -0.1) is 11.3 Å². The second kappa shape index (κ2) is 5.37. The molecule has 0 radical (unpaired) electrons. The van der Waals surface area contributed by atoms with Crippen LogP contribution >= 0.6 is 22.9 Å². The molecule has 0 aliphatic rings. The number of hydrogen-bond acceptors (Lipinski definition) is 3. The predicted molar refractivity (Wildman–Crippen MR) is 75.7 cm³/mol. The Hall–Kier alpha value is -1.59. The van der Waals surface area contributed by atoms with Crippen LogP contribution in [-0.4, -0.2) is 11.0 Å². The largest absolute Gasteiger partial charge is 0.325 e. The third kappa shape index (κ3) is 3.21. The van der Waals surface area contributed by atoms with Crippen molar-refractivity contribution in [3.05, 3.63) is 39.9 Å². The van der Waals surface area contributed by atoms with Gasteiger partial charge in [0.15, 0.2) is 5.13 Å². The zero-order chi connectivity index (χ0) is 13.1. The highest BCUT2D eigenvalue weighted by molar-refractivity contribution is 7.15. The molecule has 0 atom stereocenters. The van der Waals surface area contributed by atoms with Gasteiger partial charge in [0.25, 0.3) is 0 Å². The van der Waals surface area contributed by atoms with Crippen LogP contribution in [0.1, 0.15) is 10.4 Å². The fourth-order valence-corrected chi connectivity index (χ4v) is 2.18. The predicted octanol–water partition coefficient (Wildman–Crippen LogP) is 4.06. The van der Waals surface area contributed by atoms with Gasteiger partial charge in [-0.3, -0.25) is 5.32 Å². The maximum atomic E-state index is 11.7. The lowest BCUT2D eigenvalue weighted by Gasteiger charge is -2.06. The number of amides is 2. The van der Waals surface area contributed by atoms with Gasteiger partial charge in [0.05, 0.1) is 0 Å². The van der Waals surface area contributed by atoms with Gasteiger partial charge in [-0.25, -0.2) is 9.78 Å². The molecule has 2 aromatic rings. The van der Waals surface area contributed by atoms with Crippen LogP contribution in [0.2, 0.25) is 5.02 Å². The lowest BCUT2D eigenvalue weighted by Crippen LogP contribution is -2.19. The smallest absolute Gasteiger partial charge is 0.308 e. The normalized spacial score (nSPS) is 10.2. The van der Waals surface area contributed by atoms with Crippen molar-refractivity contribution in [1.29, 1.82) is 0 Å². The molecule has 0 saturated heterocycles. The maximum absolute atomic E-state index is 11.7. The quantitative estimate of drug-likeness (QED) is 0.872. The number of benzene rings is 1. The Kier molecular flexibility index (Phi) is 3.84. The van der Waals surface area contributed by atoms with Crippen LogP contribution < -0.4 is 10.6 Å². The van der Waals surface area contributed by atoms with E-state index in [2.05, 4.69) is 15.6 Å². The van der Waals surface area contributed by atoms with Crippen LogP contribution in [0.4, 0.5) is 15.6 Å². The van der Waals surface area contributed by atoms with Gasteiger partial charge in [0.2, 0.25) is 0 Å². The van der Waals surface area contributed by atoms with E-state index in [1.54, 1.807) is 18.3 Å². The Morgan fingerprint density at radius 2 is 2.11 bits per heavy atom. The summed E-state index contributed by atoms with van der Waals surface area (Å²) in [5.41, 5.74) is 1.62. The number of nitrogens with one attached hydrogen (secondary N) is 2. The summed E-state index contributed by atoms with van der Waals surface area (Å²) in [5.74, 6) is 0. The van der Waals surface area contributed by atoms with Crippen LogP contribution in [0.15, 0.2) is 24.4 Å². The fourth-order valence-electron chi connectivity index (χ4n) is 1.34. The van der Waals surface area contributed by atoms with E-state index < -0.39 is 0 Å². The number of carbonyl (C=O) groups excluding carboxylic acids is 1. The van der Waals surface area contributed by atoms with Crippen molar-refractivity contribution < 1.29 is 4.79 Å². The zero-order valence-corrected chi connectivity index (χ0v) is 11.5. The van der Waals surface area contributed by atoms with E-state index in [0.29, 0.717) is 15.8 Å². The molecular formula is C12H12ClN3OS. The number of halogens is 1. The van der Waals surface area contributed by atoms with Crippen LogP contribution in [0.3, 0.4) is 0 Å². The summed E-state index contributed by atoms with van der Waals surface area (Å²) in [4.78, 5) is 16.8. The Bertz CT molecular complexity index is 582. The lowest BCUT2D eigenvalue weighted by atomic mass is 10.2. The molecule has 94 valence electrons. The van der Waals surface area contributed by atoms with E-state index in [4.69, 9.17) is 11.6 Å². The van der Waals surface area contributed by atoms with E-state index in [0.717, 1.165) is 10.4 Å². The van der Waals surface area contributed by atoms with E-state index in [1.807, 2.05) is 19.9 Å². The van der Waals surface area contributed by atoms with Gasteiger partial charge in [0.1, 0.15) is 0 Å². The van der Waals surface area contributed by atoms with Gasteiger partial charge in [0, 0.05) is 21.8 Å². The maximum Gasteiger partial charge on any atom is 0.325 e. The number of hydrogen-bond donors (Lipinski definition) is 2. The minimum absolute atomic E-state index is 0.329. The summed E-state index contributed by atoms with van der Waals surface area (Å²) in [6, 6.07) is 5.03. The summed E-state index contributed by atoms with van der Waals surface area (Å²) < 4.78 is 0. The molecule has 0 aliphatic heterocycles. The number of urea groups is 1. The van der Waals surface area contributed by atoms with E-state index in [-0.39, 0.29) is 6.03 Å². The van der Waals surface area contributed by atoms with Crippen LogP contribution in [-0.2, 0) is 0 Å². The molecule has 1 aromatic carbocycles. The molecule has 18 heavy (non-hydrogen) atoms. The number of carbonyl (C=O) groups is 1. The fraction of sp³-hybridized carbons (Fsp3) is 0.167. The number of thiazole rings is 1. The number of aromatic nitrogens is 1. The molecule has 2 rings (SSSR count). The molecule has 0 fully saturated rings. The molecule has 1 heterocycles. The number of rotatable bonds is 2. The number of anilines is 2. The highest BCUT2D eigenvalue weighted by Gasteiger charge is 2.06. The lowest BCUT2D eigenvalue weighted by molar-refractivity contribution is 0.262. The minimum Gasteiger partial charge on any atom is -0.308 e. The molecule has 0 aliphatic carbocycles. The van der Waals surface area contributed by atoms with Crippen molar-refractivity contribution in [3.8, 4) is 0 Å². The molecule has 1 aromatic heterocycles. The third-order valence-electron chi connectivity index (χ3n) is 2.27. The van der Waals surface area contributed by atoms with E-state index >= 15 is 0 Å². The van der Waals surface area contributed by atoms with Crippen LogP contribution in [0, 0.1) is 13.8 Å². The molecule has 4 nitrogen and oxygen atoms in total. The van der Waals surface area contributed by atoms with Gasteiger partial charge in [-0.2, -0.15) is 0 Å². The Balaban J connectivity index is 2.00. The van der Waals surface area contributed by atoms with Crippen molar-refractivity contribution in [2.24, 2.45) is 0 Å². The first-order valence-corrected chi connectivity index (χ1v) is 6.50. The zero-order valence-electron chi connectivity index (χ0n) is 9.95. The van der Waals surface area contributed by atoms with E-state index in [9.17, 15) is 4.79 Å². The van der Waals surface area contributed by atoms with Crippen molar-refractivity contribution in [3.63, 3.8) is 0 Å². The molecule has 6 heteroatoms. The number of nitrogens with zero attached hydrogens (tertiary/aromatic N) is 1. The van der Waals surface area contributed by atoms with Crippen molar-refractivity contribution in [2.75, 3.05) is 10.6 Å². The molecule has 2 N–H and O–H groups in total. The van der Waals surface area contributed by atoms with Gasteiger partial charge < -0.3 is 5.32 Å². The summed E-state index contributed by atoms with van der Waals surface area (Å²) in [6.45, 7) is 3.84. The molecule has 0 unspecified atom stereocenters. The van der Waals surface area contributed by atoms with Gasteiger partial charge >= 0.3 is 6.03 Å². The van der Waals surface area contributed by atoms with Gasteiger partial charge in [-0.1, -0.05) is 17.7 Å².